The smallest absolute Gasteiger partial charge is 0.293 e. The van der Waals surface area contributed by atoms with Crippen molar-refractivity contribution in [1.29, 1.82) is 0 Å². The predicted molar refractivity (Wildman–Crippen MR) is 152 cm³/mol. The molecule has 2 aliphatic rings. The normalized spacial score (nSPS) is 17.9. The van der Waals surface area contributed by atoms with Crippen molar-refractivity contribution in [2.24, 2.45) is 0 Å². The van der Waals surface area contributed by atoms with Crippen LogP contribution in [-0.2, 0) is 38.9 Å². The van der Waals surface area contributed by atoms with E-state index in [9.17, 15) is 18.0 Å². The third-order valence-electron chi connectivity index (χ3n) is 7.55. The van der Waals surface area contributed by atoms with Crippen LogP contribution in [0.2, 0.25) is 5.02 Å². The number of anilines is 1. The Bertz CT molecular complexity index is 1500. The van der Waals surface area contributed by atoms with Crippen molar-refractivity contribution in [3.05, 3.63) is 64.3 Å². The van der Waals surface area contributed by atoms with Gasteiger partial charge in [0.15, 0.2) is 0 Å². The molecular weight excluding hydrogens is 540 g/mol. The van der Waals surface area contributed by atoms with Crippen LogP contribution in [0.25, 0.3) is 10.9 Å². The number of nitrogens with one attached hydrogen (secondary N) is 2. The molecule has 5 rings (SSSR count). The van der Waals surface area contributed by atoms with Gasteiger partial charge in [-0.3, -0.25) is 13.9 Å². The van der Waals surface area contributed by atoms with Crippen LogP contribution in [-0.4, -0.2) is 62.9 Å². The highest BCUT2D eigenvalue weighted by Gasteiger charge is 2.31. The van der Waals surface area contributed by atoms with Crippen LogP contribution in [0, 0.1) is 0 Å². The van der Waals surface area contributed by atoms with E-state index in [0.717, 1.165) is 41.3 Å². The Morgan fingerprint density at radius 2 is 2.05 bits per heavy atom. The second-order valence-electron chi connectivity index (χ2n) is 10.2. The molecule has 9 nitrogen and oxygen atoms in total. The number of amides is 1. The number of benzene rings is 2. The molecule has 0 spiro atoms. The van der Waals surface area contributed by atoms with Crippen LogP contribution in [0.1, 0.15) is 41.3 Å². The molecule has 1 saturated carbocycles. The Balaban J connectivity index is 1.51. The highest BCUT2D eigenvalue weighted by Crippen LogP contribution is 2.35. The quantitative estimate of drug-likeness (QED) is 0.341. The van der Waals surface area contributed by atoms with Crippen LogP contribution in [0.15, 0.2) is 42.6 Å². The van der Waals surface area contributed by atoms with Gasteiger partial charge in [-0.1, -0.05) is 30.7 Å². The molecule has 1 fully saturated rings. The van der Waals surface area contributed by atoms with E-state index in [1.165, 1.54) is 11.4 Å². The summed E-state index contributed by atoms with van der Waals surface area (Å²) in [6.07, 6.45) is 4.62. The van der Waals surface area contributed by atoms with Gasteiger partial charge < -0.3 is 19.9 Å². The lowest BCUT2D eigenvalue weighted by atomic mass is 9.99. The van der Waals surface area contributed by atoms with Gasteiger partial charge in [0.25, 0.3) is 12.4 Å². The zero-order valence-corrected chi connectivity index (χ0v) is 23.6. The van der Waals surface area contributed by atoms with Crippen molar-refractivity contribution in [3.8, 4) is 0 Å². The summed E-state index contributed by atoms with van der Waals surface area (Å²) >= 11 is 6.21. The molecule has 2 atom stereocenters. The van der Waals surface area contributed by atoms with Gasteiger partial charge in [0, 0.05) is 48.3 Å². The summed E-state index contributed by atoms with van der Waals surface area (Å²) in [5.41, 5.74) is 3.54. The van der Waals surface area contributed by atoms with Gasteiger partial charge in [0.05, 0.1) is 23.0 Å². The topological polar surface area (TPSA) is 110 Å². The zero-order valence-electron chi connectivity index (χ0n) is 22.0. The highest BCUT2D eigenvalue weighted by molar-refractivity contribution is 7.92. The average molecular weight is 573 g/mol. The number of hydrogen-bond donors (Lipinski definition) is 2. The number of rotatable bonds is 11. The summed E-state index contributed by atoms with van der Waals surface area (Å²) in [6.45, 7) is 3.18. The maximum Gasteiger partial charge on any atom is 0.293 e. The second-order valence-corrected chi connectivity index (χ2v) is 12.8. The fraction of sp³-hybridized carbons (Fsp3) is 0.429. The molecule has 11 heteroatoms. The van der Waals surface area contributed by atoms with Crippen LogP contribution < -0.4 is 14.9 Å². The number of aryl methyl sites for hydroxylation is 2. The van der Waals surface area contributed by atoms with Crippen molar-refractivity contribution in [2.45, 2.75) is 57.3 Å². The first-order chi connectivity index (χ1) is 18.7. The van der Waals surface area contributed by atoms with E-state index in [4.69, 9.17) is 16.3 Å². The van der Waals surface area contributed by atoms with Crippen molar-refractivity contribution in [2.75, 3.05) is 23.7 Å². The van der Waals surface area contributed by atoms with Crippen LogP contribution in [0.4, 0.5) is 5.69 Å². The van der Waals surface area contributed by atoms with E-state index in [1.54, 1.807) is 12.1 Å². The minimum atomic E-state index is -3.54. The Morgan fingerprint density at radius 1 is 1.26 bits per heavy atom. The highest BCUT2D eigenvalue weighted by atomic mass is 35.5. The molecule has 1 aromatic heterocycles. The molecule has 1 aliphatic heterocycles. The third kappa shape index (κ3) is 5.92. The lowest BCUT2D eigenvalue weighted by molar-refractivity contribution is -0.134. The van der Waals surface area contributed by atoms with E-state index < -0.39 is 22.2 Å². The van der Waals surface area contributed by atoms with Crippen LogP contribution in [0.5, 0.6) is 0 Å². The third-order valence-corrected chi connectivity index (χ3v) is 9.51. The molecule has 208 valence electrons. The molecule has 2 N–H and O–H groups in total. The van der Waals surface area contributed by atoms with Gasteiger partial charge in [-0.2, -0.15) is 0 Å². The Kier molecular flexibility index (Phi) is 7.89. The number of hydrogen-bond acceptors (Lipinski definition) is 6. The van der Waals surface area contributed by atoms with Crippen molar-refractivity contribution in [1.82, 2.24) is 15.2 Å². The summed E-state index contributed by atoms with van der Waals surface area (Å²) in [4.78, 5) is 25.2. The molecule has 1 amide bonds. The number of ether oxygens (including phenoxy) is 1. The number of sulfonamides is 1. The molecule has 0 radical (unpaired) electrons. The standard InChI is InChI=1S/C28H33ClN4O5S/c1-3-19-16-33-9-10-39(36,37)32(2)25-14-20(13-23(19)27(25)33)28(35)31-24(12-18-5-4-6-21(29)11-18)26(38-17-34)15-30-22-7-8-22/h4-6,11,13-14,16-17,22,24,26,30H,3,7-10,12,15H2,1-2H3,(H,31,35)/t24-,26+/m0/s1. The Labute approximate surface area is 233 Å². The molecule has 0 saturated heterocycles. The molecule has 2 aromatic carbocycles. The van der Waals surface area contributed by atoms with Gasteiger partial charge >= 0.3 is 0 Å². The van der Waals surface area contributed by atoms with E-state index in [0.29, 0.717) is 48.3 Å². The van der Waals surface area contributed by atoms with Gasteiger partial charge in [-0.25, -0.2) is 8.42 Å². The first-order valence-corrected chi connectivity index (χ1v) is 15.2. The molecular formula is C28H33ClN4O5S. The summed E-state index contributed by atoms with van der Waals surface area (Å²) < 4.78 is 34.5. The van der Waals surface area contributed by atoms with Crippen LogP contribution in [0.3, 0.4) is 0 Å². The van der Waals surface area contributed by atoms with Crippen molar-refractivity contribution in [3.63, 3.8) is 0 Å². The van der Waals surface area contributed by atoms with Gasteiger partial charge in [-0.05, 0) is 61.1 Å². The lowest BCUT2D eigenvalue weighted by Gasteiger charge is -2.28. The largest absolute Gasteiger partial charge is 0.461 e. The van der Waals surface area contributed by atoms with Crippen molar-refractivity contribution < 1.29 is 22.7 Å². The SMILES string of the molecule is CCc1cn2c3c(cc(C(=O)N[C@@H](Cc4cccc(Cl)c4)[C@@H](CNC4CC4)OC=O)cc13)N(C)S(=O)(=O)CC2. The molecule has 39 heavy (non-hydrogen) atoms. The minimum absolute atomic E-state index is 0.0208. The Morgan fingerprint density at radius 3 is 2.74 bits per heavy atom. The fourth-order valence-electron chi connectivity index (χ4n) is 5.19. The number of nitrogens with zero attached hydrogens (tertiary/aromatic N) is 2. The maximum absolute atomic E-state index is 13.8. The maximum atomic E-state index is 13.8. The molecule has 2 heterocycles. The molecule has 0 bridgehead atoms. The number of carbonyl (C=O) groups excluding carboxylic acids is 2. The number of carbonyl (C=O) groups is 2. The average Bonchev–Trinajstić information content (AvgIpc) is 3.68. The van der Waals surface area contributed by atoms with Gasteiger partial charge in [0.2, 0.25) is 10.0 Å². The van der Waals surface area contributed by atoms with Gasteiger partial charge in [0.1, 0.15) is 6.10 Å². The minimum Gasteiger partial charge on any atom is -0.461 e. The second kappa shape index (κ2) is 11.2. The number of aromatic nitrogens is 1. The van der Waals surface area contributed by atoms with E-state index in [2.05, 4.69) is 10.6 Å². The number of halogens is 1. The summed E-state index contributed by atoms with van der Waals surface area (Å²) in [5, 5.41) is 7.89. The first kappa shape index (κ1) is 27.5. The van der Waals surface area contributed by atoms with Gasteiger partial charge in [-0.15, -0.1) is 0 Å². The van der Waals surface area contributed by atoms with Crippen molar-refractivity contribution >= 4 is 50.6 Å². The fourth-order valence-corrected chi connectivity index (χ4v) is 6.54. The van der Waals surface area contributed by atoms with E-state index in [1.807, 2.05) is 42.0 Å². The summed E-state index contributed by atoms with van der Waals surface area (Å²) in [7, 11) is -2.01. The van der Waals surface area contributed by atoms with E-state index >= 15 is 0 Å². The lowest BCUT2D eigenvalue weighted by Crippen LogP contribution is -2.50. The first-order valence-electron chi connectivity index (χ1n) is 13.2. The molecule has 3 aromatic rings. The van der Waals surface area contributed by atoms with E-state index in [-0.39, 0.29) is 11.7 Å². The predicted octanol–water partition coefficient (Wildman–Crippen LogP) is 3.27. The zero-order chi connectivity index (χ0) is 27.7. The summed E-state index contributed by atoms with van der Waals surface area (Å²) in [5.74, 6) is -0.400. The molecule has 1 aliphatic carbocycles. The summed E-state index contributed by atoms with van der Waals surface area (Å²) in [6, 6.07) is 10.6. The Hall–Kier alpha value is -3.08. The molecule has 0 unspecified atom stereocenters. The van der Waals surface area contributed by atoms with Crippen LogP contribution >= 0.6 is 11.6 Å². The monoisotopic (exact) mass is 572 g/mol.